The first kappa shape index (κ1) is 15.0. The molecule has 0 bridgehead atoms. The summed E-state index contributed by atoms with van der Waals surface area (Å²) in [6.45, 7) is 5.64. The molecule has 0 radical (unpaired) electrons. The number of nitrogens with one attached hydrogen (secondary N) is 1. The number of nitrogens with zero attached hydrogens (tertiary/aromatic N) is 3. The van der Waals surface area contributed by atoms with Crippen molar-refractivity contribution in [2.24, 2.45) is 0 Å². The Morgan fingerprint density at radius 2 is 1.95 bits per heavy atom. The van der Waals surface area contributed by atoms with Gasteiger partial charge in [-0.05, 0) is 26.0 Å². The van der Waals surface area contributed by atoms with Crippen LogP contribution in [0, 0.1) is 0 Å². The van der Waals surface area contributed by atoms with Gasteiger partial charge in [0.2, 0.25) is 0 Å². The van der Waals surface area contributed by atoms with Gasteiger partial charge in [-0.2, -0.15) is 17.4 Å². The maximum atomic E-state index is 12.1. The van der Waals surface area contributed by atoms with Crippen LogP contribution in [0.5, 0.6) is 0 Å². The van der Waals surface area contributed by atoms with E-state index in [0.29, 0.717) is 31.9 Å². The molecule has 0 spiro atoms. The molecule has 7 nitrogen and oxygen atoms in total. The van der Waals surface area contributed by atoms with Crippen molar-refractivity contribution >= 4 is 21.7 Å². The second-order valence-electron chi connectivity index (χ2n) is 5.08. The topological polar surface area (TPSA) is 91.6 Å². The van der Waals surface area contributed by atoms with Gasteiger partial charge in [0.15, 0.2) is 5.82 Å². The normalized spacial score (nSPS) is 17.6. The molecule has 0 aliphatic carbocycles. The molecule has 1 aliphatic heterocycles. The van der Waals surface area contributed by atoms with E-state index in [0.717, 1.165) is 5.82 Å². The Morgan fingerprint density at radius 3 is 2.50 bits per heavy atom. The third kappa shape index (κ3) is 3.38. The van der Waals surface area contributed by atoms with Gasteiger partial charge < -0.3 is 10.6 Å². The average Bonchev–Trinajstić information content (AvgIpc) is 2.38. The van der Waals surface area contributed by atoms with Gasteiger partial charge in [0.1, 0.15) is 0 Å². The number of pyridine rings is 1. The molecule has 112 valence electrons. The van der Waals surface area contributed by atoms with Crippen molar-refractivity contribution in [2.75, 3.05) is 36.8 Å². The van der Waals surface area contributed by atoms with E-state index in [1.165, 1.54) is 4.31 Å². The Hall–Kier alpha value is -1.38. The number of hydrogen-bond donors (Lipinski definition) is 2. The third-order valence-electron chi connectivity index (χ3n) is 3.08. The van der Waals surface area contributed by atoms with E-state index in [1.807, 2.05) is 18.7 Å². The molecule has 1 fully saturated rings. The maximum absolute atomic E-state index is 12.1. The zero-order valence-corrected chi connectivity index (χ0v) is 12.6. The highest BCUT2D eigenvalue weighted by atomic mass is 32.2. The molecule has 20 heavy (non-hydrogen) atoms. The molecule has 2 rings (SSSR count). The van der Waals surface area contributed by atoms with Crippen molar-refractivity contribution in [3.05, 3.63) is 18.3 Å². The second-order valence-corrected chi connectivity index (χ2v) is 6.78. The summed E-state index contributed by atoms with van der Waals surface area (Å²) in [4.78, 5) is 6.27. The highest BCUT2D eigenvalue weighted by Crippen LogP contribution is 2.21. The lowest BCUT2D eigenvalue weighted by Gasteiger charge is -2.35. The first-order valence-corrected chi connectivity index (χ1v) is 8.07. The standard InChI is InChI=1S/C12H21N5O2S/c1-10(2)15-20(18,19)17-8-6-16(7-9-17)12-11(13)4-3-5-14-12/h3-5,10,15H,6-9,13H2,1-2H3. The molecule has 1 aromatic heterocycles. The summed E-state index contributed by atoms with van der Waals surface area (Å²) in [5.74, 6) is 0.723. The molecular weight excluding hydrogens is 278 g/mol. The van der Waals surface area contributed by atoms with E-state index in [9.17, 15) is 8.42 Å². The summed E-state index contributed by atoms with van der Waals surface area (Å²) >= 11 is 0. The first-order chi connectivity index (χ1) is 9.40. The molecule has 0 saturated carbocycles. The van der Waals surface area contributed by atoms with Gasteiger partial charge in [-0.25, -0.2) is 4.98 Å². The SMILES string of the molecule is CC(C)NS(=O)(=O)N1CCN(c2ncccc2N)CC1. The molecular formula is C12H21N5O2S. The van der Waals surface area contributed by atoms with Crippen molar-refractivity contribution in [3.8, 4) is 0 Å². The van der Waals surface area contributed by atoms with E-state index < -0.39 is 10.2 Å². The van der Waals surface area contributed by atoms with E-state index in [1.54, 1.807) is 18.3 Å². The Bertz CT molecular complexity index is 553. The molecule has 2 heterocycles. The fourth-order valence-corrected chi connectivity index (χ4v) is 3.58. The predicted octanol–water partition coefficient (Wildman–Crippen LogP) is 0.0286. The van der Waals surface area contributed by atoms with Crippen LogP contribution in [0.3, 0.4) is 0 Å². The van der Waals surface area contributed by atoms with E-state index in [2.05, 4.69) is 9.71 Å². The van der Waals surface area contributed by atoms with Crippen LogP contribution < -0.4 is 15.4 Å². The lowest BCUT2D eigenvalue weighted by atomic mass is 10.3. The zero-order valence-electron chi connectivity index (χ0n) is 11.8. The monoisotopic (exact) mass is 299 g/mol. The minimum absolute atomic E-state index is 0.107. The van der Waals surface area contributed by atoms with E-state index in [4.69, 9.17) is 5.73 Å². The Morgan fingerprint density at radius 1 is 1.30 bits per heavy atom. The van der Waals surface area contributed by atoms with Crippen molar-refractivity contribution in [3.63, 3.8) is 0 Å². The maximum Gasteiger partial charge on any atom is 0.279 e. The van der Waals surface area contributed by atoms with E-state index >= 15 is 0 Å². The lowest BCUT2D eigenvalue weighted by molar-refractivity contribution is 0.375. The van der Waals surface area contributed by atoms with Gasteiger partial charge in [-0.1, -0.05) is 0 Å². The molecule has 8 heteroatoms. The van der Waals surface area contributed by atoms with Crippen LogP contribution in [-0.2, 0) is 10.2 Å². The summed E-state index contributed by atoms with van der Waals surface area (Å²) < 4.78 is 28.2. The highest BCUT2D eigenvalue weighted by molar-refractivity contribution is 7.87. The Balaban J connectivity index is 2.01. The number of nitrogen functional groups attached to an aromatic ring is 1. The quantitative estimate of drug-likeness (QED) is 0.818. The second kappa shape index (κ2) is 5.94. The van der Waals surface area contributed by atoms with Crippen LogP contribution in [0.1, 0.15) is 13.8 Å². The summed E-state index contributed by atoms with van der Waals surface area (Å²) in [5.41, 5.74) is 6.50. The molecule has 0 amide bonds. The summed E-state index contributed by atoms with van der Waals surface area (Å²) in [6.07, 6.45) is 1.69. The average molecular weight is 299 g/mol. The minimum atomic E-state index is -3.39. The molecule has 0 aromatic carbocycles. The fraction of sp³-hybridized carbons (Fsp3) is 0.583. The number of nitrogens with two attached hydrogens (primary N) is 1. The Labute approximate surface area is 120 Å². The number of anilines is 2. The largest absolute Gasteiger partial charge is 0.396 e. The molecule has 1 saturated heterocycles. The van der Waals surface area contributed by atoms with Gasteiger partial charge in [0.05, 0.1) is 5.69 Å². The number of rotatable bonds is 4. The lowest BCUT2D eigenvalue weighted by Crippen LogP contribution is -2.53. The van der Waals surface area contributed by atoms with Crippen LogP contribution in [0.15, 0.2) is 18.3 Å². The fourth-order valence-electron chi connectivity index (χ4n) is 2.19. The van der Waals surface area contributed by atoms with Gasteiger partial charge >= 0.3 is 0 Å². The predicted molar refractivity (Wildman–Crippen MR) is 79.6 cm³/mol. The van der Waals surface area contributed by atoms with Crippen LogP contribution in [-0.4, -0.2) is 49.9 Å². The molecule has 1 aliphatic rings. The van der Waals surface area contributed by atoms with Crippen LogP contribution in [0.4, 0.5) is 11.5 Å². The molecule has 3 N–H and O–H groups in total. The third-order valence-corrected chi connectivity index (χ3v) is 4.89. The first-order valence-electron chi connectivity index (χ1n) is 6.63. The summed E-state index contributed by atoms with van der Waals surface area (Å²) in [7, 11) is -3.39. The summed E-state index contributed by atoms with van der Waals surface area (Å²) in [6, 6.07) is 3.47. The van der Waals surface area contributed by atoms with Gasteiger partial charge in [-0.3, -0.25) is 0 Å². The Kier molecular flexibility index (Phi) is 4.46. The van der Waals surface area contributed by atoms with Crippen molar-refractivity contribution in [1.29, 1.82) is 0 Å². The van der Waals surface area contributed by atoms with Crippen molar-refractivity contribution < 1.29 is 8.42 Å². The van der Waals surface area contributed by atoms with Crippen LogP contribution in [0.25, 0.3) is 0 Å². The van der Waals surface area contributed by atoms with E-state index in [-0.39, 0.29) is 6.04 Å². The highest BCUT2D eigenvalue weighted by Gasteiger charge is 2.28. The minimum Gasteiger partial charge on any atom is -0.396 e. The molecule has 1 aromatic rings. The van der Waals surface area contributed by atoms with Crippen molar-refractivity contribution in [1.82, 2.24) is 14.0 Å². The summed E-state index contributed by atoms with van der Waals surface area (Å²) in [5, 5.41) is 0. The number of aromatic nitrogens is 1. The van der Waals surface area contributed by atoms with Gasteiger partial charge in [0.25, 0.3) is 10.2 Å². The van der Waals surface area contributed by atoms with Gasteiger partial charge in [0, 0.05) is 38.4 Å². The molecule has 0 unspecified atom stereocenters. The van der Waals surface area contributed by atoms with Gasteiger partial charge in [-0.15, -0.1) is 0 Å². The van der Waals surface area contributed by atoms with Crippen molar-refractivity contribution in [2.45, 2.75) is 19.9 Å². The number of piperazine rings is 1. The number of hydrogen-bond acceptors (Lipinski definition) is 5. The van der Waals surface area contributed by atoms with Crippen LogP contribution in [0.2, 0.25) is 0 Å². The van der Waals surface area contributed by atoms with Crippen LogP contribution >= 0.6 is 0 Å². The zero-order chi connectivity index (χ0) is 14.8. The smallest absolute Gasteiger partial charge is 0.279 e. The molecule has 0 atom stereocenters.